The number of nitrogens with zero attached hydrogens (tertiary/aromatic N) is 5. The van der Waals surface area contributed by atoms with Crippen molar-refractivity contribution in [1.82, 2.24) is 24.1 Å². The Kier molecular flexibility index (Phi) is 9.77. The fraction of sp³-hybridized carbons (Fsp3) is 0.0952. The normalized spacial score (nSPS) is 11.7. The van der Waals surface area contributed by atoms with Gasteiger partial charge in [-0.2, -0.15) is 9.97 Å². The molecule has 3 heterocycles. The molecule has 0 aliphatic heterocycles. The van der Waals surface area contributed by atoms with E-state index in [1.165, 1.54) is 77.5 Å². The van der Waals surface area contributed by atoms with Crippen molar-refractivity contribution >= 4 is 43.6 Å². The van der Waals surface area contributed by atoms with E-state index in [-0.39, 0.29) is 0 Å². The van der Waals surface area contributed by atoms with Crippen LogP contribution in [0.5, 0.6) is 0 Å². The molecule has 0 radical (unpaired) electrons. The first-order chi connectivity index (χ1) is 33.2. The van der Waals surface area contributed by atoms with E-state index in [9.17, 15) is 0 Å². The monoisotopic (exact) mass is 875 g/mol. The van der Waals surface area contributed by atoms with Crippen LogP contribution in [-0.4, -0.2) is 24.1 Å². The number of hydrogen-bond donors (Lipinski definition) is 0. The first-order valence-corrected chi connectivity index (χ1v) is 23.4. The van der Waals surface area contributed by atoms with E-state index in [2.05, 4.69) is 221 Å². The number of aryl methyl sites for hydroxylation is 6. The van der Waals surface area contributed by atoms with Gasteiger partial charge in [-0.05, 0) is 152 Å². The van der Waals surface area contributed by atoms with Crippen molar-refractivity contribution in [3.8, 4) is 67.8 Å². The smallest absolute Gasteiger partial charge is 0.238 e. The Morgan fingerprint density at radius 2 is 0.750 bits per heavy atom. The lowest BCUT2D eigenvalue weighted by Gasteiger charge is -2.15. The van der Waals surface area contributed by atoms with E-state index >= 15 is 0 Å². The summed E-state index contributed by atoms with van der Waals surface area (Å²) in [6, 6.07) is 67.8. The van der Waals surface area contributed by atoms with Gasteiger partial charge >= 0.3 is 0 Å². The van der Waals surface area contributed by atoms with Crippen molar-refractivity contribution in [1.29, 1.82) is 0 Å². The molecule has 0 amide bonds. The quantitative estimate of drug-likeness (QED) is 0.160. The molecule has 5 nitrogen and oxygen atoms in total. The van der Waals surface area contributed by atoms with Crippen LogP contribution in [0.3, 0.4) is 0 Å². The molecule has 0 fully saturated rings. The highest BCUT2D eigenvalue weighted by Gasteiger charge is 2.23. The summed E-state index contributed by atoms with van der Waals surface area (Å²) in [7, 11) is 0. The Morgan fingerprint density at radius 1 is 0.309 bits per heavy atom. The average molecular weight is 876 g/mol. The van der Waals surface area contributed by atoms with Gasteiger partial charge < -0.3 is 4.57 Å². The van der Waals surface area contributed by atoms with Crippen LogP contribution in [0.1, 0.15) is 33.4 Å². The average Bonchev–Trinajstić information content (AvgIpc) is 3.85. The Balaban J connectivity index is 1.12. The summed E-state index contributed by atoms with van der Waals surface area (Å²) in [6.07, 6.45) is 0. The van der Waals surface area contributed by atoms with Crippen LogP contribution in [0.4, 0.5) is 0 Å². The van der Waals surface area contributed by atoms with Gasteiger partial charge in [0.05, 0.1) is 27.8 Å². The Hall–Kier alpha value is -8.41. The summed E-state index contributed by atoms with van der Waals surface area (Å²) in [6.45, 7) is 13.2. The third-order valence-electron chi connectivity index (χ3n) is 13.7. The highest BCUT2D eigenvalue weighted by molar-refractivity contribution is 6.12. The number of fused-ring (bicyclic) bond motifs is 6. The molecule has 0 spiro atoms. The second-order valence-electron chi connectivity index (χ2n) is 18.5. The first kappa shape index (κ1) is 41.1. The van der Waals surface area contributed by atoms with Crippen molar-refractivity contribution in [2.75, 3.05) is 0 Å². The lowest BCUT2D eigenvalue weighted by Crippen LogP contribution is -2.07. The van der Waals surface area contributed by atoms with Crippen LogP contribution in [0.15, 0.2) is 188 Å². The second-order valence-corrected chi connectivity index (χ2v) is 18.5. The standard InChI is InChI=1S/C63H49N5/c1-38-31-40(3)59(41(4)32-38)47-26-29-57-52(36-47)53-37-48(60-42(5)33-39(2)34-43(60)6)27-30-58(53)68(57)63-65-61(45-19-11-8-12-20-45)64-62(66-63)50-22-14-16-24-55(50)67-54-23-15-13-21-49(54)51-35-46(25-28-56(51)67)44-17-9-7-10-18-44/h7-37H,1-6H3. The van der Waals surface area contributed by atoms with Crippen LogP contribution >= 0.6 is 0 Å². The Morgan fingerprint density at radius 3 is 1.35 bits per heavy atom. The van der Waals surface area contributed by atoms with Gasteiger partial charge in [0.15, 0.2) is 11.6 Å². The molecule has 0 aliphatic rings. The summed E-state index contributed by atoms with van der Waals surface area (Å²) in [5.74, 6) is 1.76. The maximum absolute atomic E-state index is 5.52. The van der Waals surface area contributed by atoms with E-state index in [4.69, 9.17) is 15.0 Å². The molecular weight excluding hydrogens is 827 g/mol. The van der Waals surface area contributed by atoms with Gasteiger partial charge in [-0.25, -0.2) is 4.98 Å². The van der Waals surface area contributed by atoms with E-state index in [0.717, 1.165) is 49.7 Å². The molecule has 12 rings (SSSR count). The van der Waals surface area contributed by atoms with E-state index in [1.807, 2.05) is 18.2 Å². The highest BCUT2D eigenvalue weighted by Crippen LogP contribution is 2.41. The van der Waals surface area contributed by atoms with Crippen molar-refractivity contribution in [2.24, 2.45) is 0 Å². The number of benzene rings is 9. The highest BCUT2D eigenvalue weighted by atomic mass is 15.2. The van der Waals surface area contributed by atoms with E-state index in [0.29, 0.717) is 17.6 Å². The lowest BCUT2D eigenvalue weighted by molar-refractivity contribution is 0.951. The number of rotatable bonds is 7. The minimum atomic E-state index is 0.560. The molecule has 68 heavy (non-hydrogen) atoms. The topological polar surface area (TPSA) is 48.5 Å². The van der Waals surface area contributed by atoms with Gasteiger partial charge in [0.2, 0.25) is 5.95 Å². The van der Waals surface area contributed by atoms with Gasteiger partial charge in [0.25, 0.3) is 0 Å². The van der Waals surface area contributed by atoms with Crippen molar-refractivity contribution in [2.45, 2.75) is 41.5 Å². The zero-order valence-electron chi connectivity index (χ0n) is 39.1. The molecule has 9 aromatic carbocycles. The summed E-state index contributed by atoms with van der Waals surface area (Å²) >= 11 is 0. The molecule has 0 N–H and O–H groups in total. The molecule has 3 aromatic heterocycles. The largest absolute Gasteiger partial charge is 0.309 e. The Bertz CT molecular complexity index is 3810. The maximum Gasteiger partial charge on any atom is 0.238 e. The van der Waals surface area contributed by atoms with Crippen LogP contribution in [0.25, 0.3) is 111 Å². The van der Waals surface area contributed by atoms with Gasteiger partial charge in [0, 0.05) is 32.7 Å². The third-order valence-corrected chi connectivity index (χ3v) is 13.7. The van der Waals surface area contributed by atoms with Gasteiger partial charge in [-0.1, -0.05) is 145 Å². The van der Waals surface area contributed by atoms with Gasteiger partial charge in [-0.3, -0.25) is 4.57 Å². The molecule has 12 aromatic rings. The van der Waals surface area contributed by atoms with E-state index < -0.39 is 0 Å². The van der Waals surface area contributed by atoms with Crippen molar-refractivity contribution < 1.29 is 0 Å². The van der Waals surface area contributed by atoms with Crippen molar-refractivity contribution in [3.05, 3.63) is 221 Å². The molecule has 326 valence electrons. The SMILES string of the molecule is Cc1cc(C)c(-c2ccc3c(c2)c2cc(-c4c(C)cc(C)cc4C)ccc2n3-c2nc(-c3ccccc3)nc(-c3ccccc3-n3c4ccccc4c4cc(-c5ccccc5)ccc43)n2)c(C)c1. The van der Waals surface area contributed by atoms with E-state index in [1.54, 1.807) is 0 Å². The van der Waals surface area contributed by atoms with Gasteiger partial charge in [0.1, 0.15) is 0 Å². The first-order valence-electron chi connectivity index (χ1n) is 23.4. The second kappa shape index (κ2) is 16.2. The molecule has 0 unspecified atom stereocenters. The summed E-state index contributed by atoms with van der Waals surface area (Å²) in [5.41, 5.74) is 22.0. The molecule has 0 bridgehead atoms. The van der Waals surface area contributed by atoms with Crippen LogP contribution < -0.4 is 0 Å². The van der Waals surface area contributed by atoms with Crippen molar-refractivity contribution in [3.63, 3.8) is 0 Å². The summed E-state index contributed by atoms with van der Waals surface area (Å²) in [4.78, 5) is 16.2. The summed E-state index contributed by atoms with van der Waals surface area (Å²) < 4.78 is 4.61. The van der Waals surface area contributed by atoms with Crippen LogP contribution in [0.2, 0.25) is 0 Å². The molecule has 0 saturated carbocycles. The Labute approximate surface area is 396 Å². The molecular formula is C63H49N5. The zero-order valence-corrected chi connectivity index (χ0v) is 39.1. The molecule has 0 saturated heterocycles. The molecule has 0 aliphatic carbocycles. The maximum atomic E-state index is 5.52. The van der Waals surface area contributed by atoms with Gasteiger partial charge in [-0.15, -0.1) is 0 Å². The zero-order chi connectivity index (χ0) is 46.2. The minimum Gasteiger partial charge on any atom is -0.309 e. The molecule has 5 heteroatoms. The number of aromatic nitrogens is 5. The summed E-state index contributed by atoms with van der Waals surface area (Å²) in [5, 5.41) is 4.66. The third kappa shape index (κ3) is 6.81. The number of hydrogen-bond acceptors (Lipinski definition) is 3. The number of para-hydroxylation sites is 2. The fourth-order valence-electron chi connectivity index (χ4n) is 11.0. The predicted molar refractivity (Wildman–Crippen MR) is 284 cm³/mol. The fourth-order valence-corrected chi connectivity index (χ4v) is 11.0. The van der Waals surface area contributed by atoms with Crippen LogP contribution in [0, 0.1) is 41.5 Å². The van der Waals surface area contributed by atoms with Crippen LogP contribution in [-0.2, 0) is 0 Å². The predicted octanol–water partition coefficient (Wildman–Crippen LogP) is 16.3. The molecule has 0 atom stereocenters. The lowest BCUT2D eigenvalue weighted by atomic mass is 9.91. The minimum absolute atomic E-state index is 0.560.